The molecule has 4 N–H and O–H groups in total. The van der Waals surface area contributed by atoms with Crippen LogP contribution in [-0.2, 0) is 14.3 Å². The molecule has 5 rings (SSSR count). The number of amides is 4. The first-order valence-electron chi connectivity index (χ1n) is 17.0. The first-order valence-corrected chi connectivity index (χ1v) is 19.0. The van der Waals surface area contributed by atoms with Gasteiger partial charge < -0.3 is 26.0 Å². The molecule has 1 atom stereocenters. The van der Waals surface area contributed by atoms with Crippen molar-refractivity contribution < 1.29 is 28.7 Å². The van der Waals surface area contributed by atoms with Gasteiger partial charge in [-0.25, -0.2) is 4.79 Å². The summed E-state index contributed by atoms with van der Waals surface area (Å²) < 4.78 is 5.28. The van der Waals surface area contributed by atoms with Crippen molar-refractivity contribution >= 4 is 86.7 Å². The molecule has 0 saturated heterocycles. The van der Waals surface area contributed by atoms with Crippen LogP contribution in [-0.4, -0.2) is 41.5 Å². The van der Waals surface area contributed by atoms with Crippen molar-refractivity contribution in [3.63, 3.8) is 0 Å². The Morgan fingerprint density at radius 3 is 2.17 bits per heavy atom. The highest BCUT2D eigenvalue weighted by Gasteiger charge is 2.29. The molecule has 276 valence electrons. The molecule has 1 aromatic heterocycles. The third-order valence-corrected chi connectivity index (χ3v) is 10.6. The number of halogens is 1. The summed E-state index contributed by atoms with van der Waals surface area (Å²) in [4.78, 5) is 67.6. The monoisotopic (exact) mass is 780 g/mol. The van der Waals surface area contributed by atoms with E-state index >= 15 is 0 Å². The van der Waals surface area contributed by atoms with Gasteiger partial charge in [-0.2, -0.15) is 0 Å². The van der Waals surface area contributed by atoms with Crippen molar-refractivity contribution in [1.82, 2.24) is 5.32 Å². The molecule has 4 aromatic carbocycles. The molecule has 0 spiro atoms. The first-order chi connectivity index (χ1) is 26.1. The Balaban J connectivity index is 1.33. The predicted molar refractivity (Wildman–Crippen MR) is 216 cm³/mol. The van der Waals surface area contributed by atoms with Crippen LogP contribution in [0.25, 0.3) is 6.08 Å². The maximum absolute atomic E-state index is 13.7. The van der Waals surface area contributed by atoms with Gasteiger partial charge in [0.05, 0.1) is 22.3 Å². The quantitative estimate of drug-likeness (QED) is 0.0500. The Hall–Kier alpha value is -5.69. The number of ether oxygens (including phenoxy) is 1. The molecule has 13 heteroatoms. The van der Waals surface area contributed by atoms with E-state index in [-0.39, 0.29) is 33.7 Å². The summed E-state index contributed by atoms with van der Waals surface area (Å²) in [6.07, 6.45) is 1.96. The van der Waals surface area contributed by atoms with E-state index in [0.29, 0.717) is 44.4 Å². The zero-order chi connectivity index (χ0) is 38.6. The fourth-order valence-corrected chi connectivity index (χ4v) is 7.51. The molecule has 0 fully saturated rings. The molecule has 5 aromatic rings. The Morgan fingerprint density at radius 1 is 0.796 bits per heavy atom. The summed E-state index contributed by atoms with van der Waals surface area (Å²) in [5.41, 5.74) is 2.52. The van der Waals surface area contributed by atoms with Crippen molar-refractivity contribution in [2.24, 2.45) is 0 Å². The number of carbonyl (C=O) groups excluding carboxylic acids is 5. The smallest absolute Gasteiger partial charge is 0.341 e. The van der Waals surface area contributed by atoms with E-state index in [1.807, 2.05) is 19.1 Å². The van der Waals surface area contributed by atoms with Crippen LogP contribution in [0.5, 0.6) is 0 Å². The number of benzene rings is 4. The highest BCUT2D eigenvalue weighted by molar-refractivity contribution is 8.00. The predicted octanol–water partition coefficient (Wildman–Crippen LogP) is 9.06. The molecule has 4 amide bonds. The molecule has 54 heavy (non-hydrogen) atoms. The van der Waals surface area contributed by atoms with Gasteiger partial charge in [-0.15, -0.1) is 23.1 Å². The molecule has 1 unspecified atom stereocenters. The summed E-state index contributed by atoms with van der Waals surface area (Å²) in [5, 5.41) is 11.3. The Labute approximate surface area is 326 Å². The molecule has 0 aliphatic carbocycles. The van der Waals surface area contributed by atoms with Crippen molar-refractivity contribution in [2.75, 3.05) is 22.6 Å². The van der Waals surface area contributed by atoms with Gasteiger partial charge in [-0.3, -0.25) is 19.2 Å². The van der Waals surface area contributed by atoms with Crippen LogP contribution in [0.3, 0.4) is 0 Å². The second-order valence-electron chi connectivity index (χ2n) is 11.7. The van der Waals surface area contributed by atoms with Crippen LogP contribution in [0.4, 0.5) is 16.4 Å². The van der Waals surface area contributed by atoms with Crippen LogP contribution in [0, 0.1) is 6.92 Å². The van der Waals surface area contributed by atoms with Gasteiger partial charge in [0, 0.05) is 26.9 Å². The summed E-state index contributed by atoms with van der Waals surface area (Å²) in [5.74, 6) is -2.48. The third kappa shape index (κ3) is 10.5. The molecular formula is C41H37ClN4O6S2. The lowest BCUT2D eigenvalue weighted by Crippen LogP contribution is -2.30. The lowest BCUT2D eigenvalue weighted by molar-refractivity contribution is -0.116. The Morgan fingerprint density at radius 2 is 1.48 bits per heavy atom. The minimum atomic E-state index is -0.645. The summed E-state index contributed by atoms with van der Waals surface area (Å²) in [7, 11) is 0. The molecule has 0 aliphatic rings. The number of carbonyl (C=O) groups is 5. The van der Waals surface area contributed by atoms with E-state index < -0.39 is 28.9 Å². The molecule has 1 heterocycles. The Bertz CT molecular complexity index is 2190. The molecule has 0 radical (unpaired) electrons. The number of rotatable bonds is 14. The number of hydrogen-bond acceptors (Lipinski definition) is 8. The minimum absolute atomic E-state index is 0.00421. The first kappa shape index (κ1) is 39.5. The number of hydrogen-bond donors (Lipinski definition) is 4. The van der Waals surface area contributed by atoms with E-state index in [1.54, 1.807) is 111 Å². The van der Waals surface area contributed by atoms with Crippen molar-refractivity contribution in [1.29, 1.82) is 0 Å². The maximum Gasteiger partial charge on any atom is 0.341 e. The minimum Gasteiger partial charge on any atom is -0.462 e. The molecule has 0 bridgehead atoms. The maximum atomic E-state index is 13.7. The molecular weight excluding hydrogens is 744 g/mol. The van der Waals surface area contributed by atoms with E-state index in [2.05, 4.69) is 21.3 Å². The van der Waals surface area contributed by atoms with Crippen molar-refractivity contribution in [3.8, 4) is 0 Å². The van der Waals surface area contributed by atoms with Crippen LogP contribution in [0.15, 0.2) is 120 Å². The number of esters is 1. The second kappa shape index (κ2) is 18.9. The van der Waals surface area contributed by atoms with Gasteiger partial charge in [0.25, 0.3) is 17.7 Å². The van der Waals surface area contributed by atoms with E-state index in [0.717, 1.165) is 11.3 Å². The van der Waals surface area contributed by atoms with Gasteiger partial charge in [0.1, 0.15) is 10.7 Å². The number of anilines is 3. The van der Waals surface area contributed by atoms with Gasteiger partial charge in [0.2, 0.25) is 5.91 Å². The number of thiophene rings is 1. The average molecular weight is 781 g/mol. The lowest BCUT2D eigenvalue weighted by Gasteiger charge is -2.16. The zero-order valence-electron chi connectivity index (χ0n) is 29.6. The zero-order valence-corrected chi connectivity index (χ0v) is 32.0. The molecule has 0 saturated carbocycles. The van der Waals surface area contributed by atoms with E-state index in [9.17, 15) is 24.0 Å². The summed E-state index contributed by atoms with van der Waals surface area (Å²) in [6.45, 7) is 5.30. The van der Waals surface area contributed by atoms with Crippen LogP contribution in [0.1, 0.15) is 61.8 Å². The van der Waals surface area contributed by atoms with Crippen molar-refractivity contribution in [3.05, 3.63) is 147 Å². The fraction of sp³-hybridized carbons (Fsp3) is 0.146. The standard InChI is InChI=1S/C41H37ClN4O6S2/c1-4-33(38(49)46-40-34(41(51)52-5-2)25(3)35(54-40)39(50)43-29-18-10-7-11-19-29)53-31-21-13-20-30(24-31)44-37(48)32(23-26-14-12-17-28(42)22-26)45-36(47)27-15-8-6-9-16-27/h6-24,33H,4-5H2,1-3H3,(H,43,50)(H,44,48)(H,45,47)(H,46,49)/b32-23-. The third-order valence-electron chi connectivity index (χ3n) is 7.82. The molecule has 0 aliphatic heterocycles. The normalized spacial score (nSPS) is 11.6. The van der Waals surface area contributed by atoms with Gasteiger partial charge in [-0.05, 0) is 92.1 Å². The number of thioether (sulfide) groups is 1. The van der Waals surface area contributed by atoms with Gasteiger partial charge in [0.15, 0.2) is 0 Å². The van der Waals surface area contributed by atoms with Gasteiger partial charge >= 0.3 is 5.97 Å². The molecule has 10 nitrogen and oxygen atoms in total. The Kier molecular flexibility index (Phi) is 13.8. The van der Waals surface area contributed by atoms with Crippen LogP contribution < -0.4 is 21.3 Å². The topological polar surface area (TPSA) is 143 Å². The summed E-state index contributed by atoms with van der Waals surface area (Å²) >= 11 is 8.45. The van der Waals surface area contributed by atoms with Crippen molar-refractivity contribution in [2.45, 2.75) is 37.3 Å². The lowest BCUT2D eigenvalue weighted by atomic mass is 10.1. The second-order valence-corrected chi connectivity index (χ2v) is 14.5. The average Bonchev–Trinajstić information content (AvgIpc) is 3.49. The van der Waals surface area contributed by atoms with Gasteiger partial charge in [-0.1, -0.05) is 73.1 Å². The summed E-state index contributed by atoms with van der Waals surface area (Å²) in [6, 6.07) is 31.3. The fourth-order valence-electron chi connectivity index (χ4n) is 5.21. The SMILES string of the molecule is CCOC(=O)c1c(NC(=O)C(CC)Sc2cccc(NC(=O)/C(=C/c3cccc(Cl)c3)NC(=O)c3ccccc3)c2)sc(C(=O)Nc2ccccc2)c1C. The number of nitrogens with one attached hydrogen (secondary N) is 4. The van der Waals surface area contributed by atoms with E-state index in [4.69, 9.17) is 16.3 Å². The number of para-hydroxylation sites is 1. The largest absolute Gasteiger partial charge is 0.462 e. The van der Waals surface area contributed by atoms with Crippen LogP contribution in [0.2, 0.25) is 5.02 Å². The highest BCUT2D eigenvalue weighted by atomic mass is 35.5. The highest BCUT2D eigenvalue weighted by Crippen LogP contribution is 2.36. The van der Waals surface area contributed by atoms with E-state index in [1.165, 1.54) is 17.8 Å². The van der Waals surface area contributed by atoms with Crippen LogP contribution >= 0.6 is 34.7 Å².